The van der Waals surface area contributed by atoms with Crippen molar-refractivity contribution in [2.45, 2.75) is 6.10 Å². The SMILES string of the molecule is NC[C@@H](O)c1cc(Cl)ccc1[N+](=O)[O-]. The molecular formula is C8H9ClN2O3. The summed E-state index contributed by atoms with van der Waals surface area (Å²) in [7, 11) is 0. The van der Waals surface area contributed by atoms with Crippen molar-refractivity contribution in [3.63, 3.8) is 0 Å². The van der Waals surface area contributed by atoms with Crippen LogP contribution in [0, 0.1) is 10.1 Å². The highest BCUT2D eigenvalue weighted by Crippen LogP contribution is 2.27. The Morgan fingerprint density at radius 2 is 2.29 bits per heavy atom. The Hall–Kier alpha value is -1.17. The Morgan fingerprint density at radius 1 is 1.64 bits per heavy atom. The molecule has 76 valence electrons. The van der Waals surface area contributed by atoms with Crippen LogP contribution in [0.4, 0.5) is 5.69 Å². The normalized spacial score (nSPS) is 12.5. The van der Waals surface area contributed by atoms with Gasteiger partial charge in [0, 0.05) is 17.6 Å². The van der Waals surface area contributed by atoms with Gasteiger partial charge in [0.25, 0.3) is 5.69 Å². The van der Waals surface area contributed by atoms with Crippen molar-refractivity contribution in [3.8, 4) is 0 Å². The second-order valence-corrected chi connectivity index (χ2v) is 3.15. The predicted octanol–water partition coefficient (Wildman–Crippen LogP) is 1.24. The highest BCUT2D eigenvalue weighted by Gasteiger charge is 2.19. The van der Waals surface area contributed by atoms with Crippen LogP contribution in [0.5, 0.6) is 0 Å². The number of nitrogens with two attached hydrogens (primary N) is 1. The third-order valence-electron chi connectivity index (χ3n) is 1.77. The first-order valence-electron chi connectivity index (χ1n) is 3.88. The number of nitrogens with zero attached hydrogens (tertiary/aromatic N) is 1. The zero-order valence-corrected chi connectivity index (χ0v) is 7.94. The van der Waals surface area contributed by atoms with E-state index in [0.717, 1.165) is 0 Å². The van der Waals surface area contributed by atoms with Crippen molar-refractivity contribution in [2.75, 3.05) is 6.54 Å². The topological polar surface area (TPSA) is 89.4 Å². The molecule has 0 aliphatic rings. The van der Waals surface area contributed by atoms with E-state index in [2.05, 4.69) is 0 Å². The van der Waals surface area contributed by atoms with Crippen LogP contribution in [-0.4, -0.2) is 16.6 Å². The summed E-state index contributed by atoms with van der Waals surface area (Å²) in [6.07, 6.45) is -1.06. The van der Waals surface area contributed by atoms with Gasteiger partial charge in [-0.1, -0.05) is 11.6 Å². The van der Waals surface area contributed by atoms with E-state index in [4.69, 9.17) is 17.3 Å². The fraction of sp³-hybridized carbons (Fsp3) is 0.250. The van der Waals surface area contributed by atoms with E-state index in [0.29, 0.717) is 5.02 Å². The second-order valence-electron chi connectivity index (χ2n) is 2.71. The summed E-state index contributed by atoms with van der Waals surface area (Å²) in [6.45, 7) is -0.0822. The monoisotopic (exact) mass is 216 g/mol. The van der Waals surface area contributed by atoms with Crippen molar-refractivity contribution in [1.82, 2.24) is 0 Å². The van der Waals surface area contributed by atoms with E-state index in [1.807, 2.05) is 0 Å². The van der Waals surface area contributed by atoms with Gasteiger partial charge in [-0.25, -0.2) is 0 Å². The van der Waals surface area contributed by atoms with Crippen molar-refractivity contribution in [2.24, 2.45) is 5.73 Å². The molecule has 0 amide bonds. The smallest absolute Gasteiger partial charge is 0.275 e. The van der Waals surface area contributed by atoms with Crippen molar-refractivity contribution < 1.29 is 10.0 Å². The average Bonchev–Trinajstić information content (AvgIpc) is 2.16. The van der Waals surface area contributed by atoms with E-state index in [1.54, 1.807) is 0 Å². The van der Waals surface area contributed by atoms with Gasteiger partial charge >= 0.3 is 0 Å². The Labute approximate surface area is 85.3 Å². The van der Waals surface area contributed by atoms with Gasteiger partial charge in [0.15, 0.2) is 0 Å². The lowest BCUT2D eigenvalue weighted by atomic mass is 10.1. The molecular weight excluding hydrogens is 208 g/mol. The number of rotatable bonds is 3. The molecule has 1 rings (SSSR count). The molecule has 0 heterocycles. The first-order chi connectivity index (χ1) is 6.56. The largest absolute Gasteiger partial charge is 0.387 e. The molecule has 0 saturated heterocycles. The van der Waals surface area contributed by atoms with Crippen LogP contribution in [-0.2, 0) is 0 Å². The highest BCUT2D eigenvalue weighted by molar-refractivity contribution is 6.30. The van der Waals surface area contributed by atoms with Gasteiger partial charge in [-0.05, 0) is 12.1 Å². The van der Waals surface area contributed by atoms with Gasteiger partial charge in [-0.3, -0.25) is 10.1 Å². The summed E-state index contributed by atoms with van der Waals surface area (Å²) >= 11 is 5.65. The molecule has 14 heavy (non-hydrogen) atoms. The van der Waals surface area contributed by atoms with Crippen molar-refractivity contribution in [3.05, 3.63) is 38.9 Å². The number of nitro groups is 1. The Morgan fingerprint density at radius 3 is 2.79 bits per heavy atom. The molecule has 0 aliphatic carbocycles. The number of nitro benzene ring substituents is 1. The van der Waals surface area contributed by atoms with E-state index in [1.165, 1.54) is 18.2 Å². The number of benzene rings is 1. The van der Waals surface area contributed by atoms with Crippen LogP contribution < -0.4 is 5.73 Å². The second kappa shape index (κ2) is 4.36. The Bertz CT molecular complexity index is 356. The zero-order chi connectivity index (χ0) is 10.7. The number of hydrogen-bond donors (Lipinski definition) is 2. The first-order valence-corrected chi connectivity index (χ1v) is 4.26. The summed E-state index contributed by atoms with van der Waals surface area (Å²) in [4.78, 5) is 9.99. The third-order valence-corrected chi connectivity index (χ3v) is 2.00. The summed E-state index contributed by atoms with van der Waals surface area (Å²) in [5.41, 5.74) is 5.18. The zero-order valence-electron chi connectivity index (χ0n) is 7.18. The highest BCUT2D eigenvalue weighted by atomic mass is 35.5. The number of halogens is 1. The molecule has 1 aromatic carbocycles. The van der Waals surface area contributed by atoms with Crippen LogP contribution in [0.1, 0.15) is 11.7 Å². The predicted molar refractivity (Wildman–Crippen MR) is 52.1 cm³/mol. The van der Waals surface area contributed by atoms with E-state index in [9.17, 15) is 15.2 Å². The first kappa shape index (κ1) is 10.9. The van der Waals surface area contributed by atoms with E-state index in [-0.39, 0.29) is 17.8 Å². The molecule has 1 aromatic rings. The quantitative estimate of drug-likeness (QED) is 0.588. The van der Waals surface area contributed by atoms with Gasteiger partial charge in [-0.2, -0.15) is 0 Å². The lowest BCUT2D eigenvalue weighted by Gasteiger charge is -2.08. The van der Waals surface area contributed by atoms with Gasteiger partial charge in [0.05, 0.1) is 16.6 Å². The molecule has 5 nitrogen and oxygen atoms in total. The van der Waals surface area contributed by atoms with Crippen LogP contribution in [0.15, 0.2) is 18.2 Å². The Kier molecular flexibility index (Phi) is 3.40. The molecule has 0 bridgehead atoms. The number of hydrogen-bond acceptors (Lipinski definition) is 4. The maximum atomic E-state index is 10.6. The maximum absolute atomic E-state index is 10.6. The molecule has 0 aliphatic heterocycles. The van der Waals surface area contributed by atoms with Crippen molar-refractivity contribution in [1.29, 1.82) is 0 Å². The van der Waals surface area contributed by atoms with Crippen LogP contribution in [0.3, 0.4) is 0 Å². The maximum Gasteiger partial charge on any atom is 0.275 e. The van der Waals surface area contributed by atoms with Crippen LogP contribution in [0.25, 0.3) is 0 Å². The third kappa shape index (κ3) is 2.20. The van der Waals surface area contributed by atoms with E-state index >= 15 is 0 Å². The van der Waals surface area contributed by atoms with Crippen LogP contribution in [0.2, 0.25) is 5.02 Å². The van der Waals surface area contributed by atoms with Crippen molar-refractivity contribution >= 4 is 17.3 Å². The van der Waals surface area contributed by atoms with Gasteiger partial charge in [0.2, 0.25) is 0 Å². The molecule has 0 unspecified atom stereocenters. The van der Waals surface area contributed by atoms with Gasteiger partial charge in [-0.15, -0.1) is 0 Å². The number of aliphatic hydroxyl groups excluding tert-OH is 1. The molecule has 1 atom stereocenters. The van der Waals surface area contributed by atoms with Crippen LogP contribution >= 0.6 is 11.6 Å². The summed E-state index contributed by atoms with van der Waals surface area (Å²) < 4.78 is 0. The summed E-state index contributed by atoms with van der Waals surface area (Å²) in [6, 6.07) is 3.99. The lowest BCUT2D eigenvalue weighted by Crippen LogP contribution is -2.13. The number of aliphatic hydroxyl groups is 1. The minimum absolute atomic E-state index is 0.0822. The molecule has 0 spiro atoms. The molecule has 0 aromatic heterocycles. The minimum atomic E-state index is -1.06. The van der Waals surface area contributed by atoms with E-state index < -0.39 is 11.0 Å². The summed E-state index contributed by atoms with van der Waals surface area (Å²) in [5.74, 6) is 0. The van der Waals surface area contributed by atoms with Gasteiger partial charge < -0.3 is 10.8 Å². The molecule has 0 radical (unpaired) electrons. The molecule has 0 saturated carbocycles. The fourth-order valence-electron chi connectivity index (χ4n) is 1.09. The molecule has 3 N–H and O–H groups in total. The standard InChI is InChI=1S/C8H9ClN2O3/c9-5-1-2-7(11(13)14)6(3-5)8(12)4-10/h1-3,8,12H,4,10H2/t8-/m1/s1. The fourth-order valence-corrected chi connectivity index (χ4v) is 1.27. The summed E-state index contributed by atoms with van der Waals surface area (Å²) in [5, 5.41) is 20.3. The lowest BCUT2D eigenvalue weighted by molar-refractivity contribution is -0.386. The Balaban J connectivity index is 3.22. The molecule has 6 heteroatoms. The minimum Gasteiger partial charge on any atom is -0.387 e. The average molecular weight is 217 g/mol. The molecule has 0 fully saturated rings. The van der Waals surface area contributed by atoms with Gasteiger partial charge in [0.1, 0.15) is 0 Å².